The standard InChI is InChI=1S/C27H28N2O6/c1-32-22-14-17(15-23(33-2)27(22)34-3)12-13-25(31)35-16-24(30)29-26-18-8-4-6-10-20(18)28-21-11-7-5-9-19(21)26/h4,6,8,10,12-15H,5,7,9,11,16H2,1-3H3,(H,28,29,30)/b13-12+. The molecule has 2 aromatic carbocycles. The number of aryl methyl sites for hydroxylation is 1. The van der Waals surface area contributed by atoms with Gasteiger partial charge in [-0.2, -0.15) is 0 Å². The third-order valence-corrected chi connectivity index (χ3v) is 5.88. The number of methoxy groups -OCH3 is 3. The minimum absolute atomic E-state index is 0.399. The zero-order chi connectivity index (χ0) is 24.8. The predicted molar refractivity (Wildman–Crippen MR) is 133 cm³/mol. The minimum Gasteiger partial charge on any atom is -0.493 e. The van der Waals surface area contributed by atoms with Gasteiger partial charge in [0.15, 0.2) is 18.1 Å². The molecule has 1 aliphatic carbocycles. The Hall–Kier alpha value is -4.07. The van der Waals surface area contributed by atoms with Crippen molar-refractivity contribution in [3.63, 3.8) is 0 Å². The van der Waals surface area contributed by atoms with Gasteiger partial charge >= 0.3 is 5.97 Å². The Labute approximate surface area is 203 Å². The van der Waals surface area contributed by atoms with Crippen molar-refractivity contribution in [2.75, 3.05) is 33.3 Å². The Bertz CT molecular complexity index is 1260. The highest BCUT2D eigenvalue weighted by Gasteiger charge is 2.20. The van der Waals surface area contributed by atoms with E-state index in [4.69, 9.17) is 23.9 Å². The molecule has 3 aromatic rings. The van der Waals surface area contributed by atoms with Crippen molar-refractivity contribution >= 4 is 34.5 Å². The van der Waals surface area contributed by atoms with Gasteiger partial charge in [0.05, 0.1) is 32.5 Å². The number of carbonyl (C=O) groups excluding carboxylic acids is 2. The molecule has 182 valence electrons. The fourth-order valence-corrected chi connectivity index (χ4v) is 4.24. The van der Waals surface area contributed by atoms with Crippen LogP contribution in [-0.4, -0.2) is 44.8 Å². The average molecular weight is 477 g/mol. The van der Waals surface area contributed by atoms with E-state index in [2.05, 4.69) is 5.32 Å². The van der Waals surface area contributed by atoms with Gasteiger partial charge in [-0.3, -0.25) is 9.78 Å². The Balaban J connectivity index is 1.43. The number of carbonyl (C=O) groups is 2. The summed E-state index contributed by atoms with van der Waals surface area (Å²) in [5.41, 5.74) is 4.34. The van der Waals surface area contributed by atoms with Gasteiger partial charge < -0.3 is 24.3 Å². The SMILES string of the molecule is COc1cc(/C=C/C(=O)OCC(=O)Nc2c3c(nc4ccccc24)CCCC3)cc(OC)c1OC. The van der Waals surface area contributed by atoms with Gasteiger partial charge in [-0.05, 0) is 61.1 Å². The number of hydrogen-bond donors (Lipinski definition) is 1. The molecule has 8 nitrogen and oxygen atoms in total. The number of para-hydroxylation sites is 1. The van der Waals surface area contributed by atoms with E-state index in [1.807, 2.05) is 24.3 Å². The maximum absolute atomic E-state index is 12.7. The molecule has 0 bridgehead atoms. The molecule has 1 N–H and O–H groups in total. The van der Waals surface area contributed by atoms with Gasteiger partial charge in [0.1, 0.15) is 0 Å². The highest BCUT2D eigenvalue weighted by atomic mass is 16.5. The number of nitrogens with one attached hydrogen (secondary N) is 1. The summed E-state index contributed by atoms with van der Waals surface area (Å²) in [5, 5.41) is 3.84. The predicted octanol–water partition coefficient (Wildman–Crippen LogP) is 4.33. The lowest BCUT2D eigenvalue weighted by Gasteiger charge is -2.21. The number of anilines is 1. The summed E-state index contributed by atoms with van der Waals surface area (Å²) >= 11 is 0. The molecule has 4 rings (SSSR count). The summed E-state index contributed by atoms with van der Waals surface area (Å²) in [6, 6.07) is 11.1. The van der Waals surface area contributed by atoms with Crippen molar-refractivity contribution in [1.29, 1.82) is 0 Å². The van der Waals surface area contributed by atoms with Gasteiger partial charge in [-0.25, -0.2) is 4.79 Å². The molecule has 1 heterocycles. The molecule has 8 heteroatoms. The third kappa shape index (κ3) is 5.37. The first-order valence-corrected chi connectivity index (χ1v) is 11.4. The van der Waals surface area contributed by atoms with Gasteiger partial charge in [-0.15, -0.1) is 0 Å². The van der Waals surface area contributed by atoms with E-state index in [0.29, 0.717) is 22.8 Å². The van der Waals surface area contributed by atoms with Crippen LogP contribution in [-0.2, 0) is 27.2 Å². The van der Waals surface area contributed by atoms with Crippen LogP contribution >= 0.6 is 0 Å². The van der Waals surface area contributed by atoms with E-state index in [0.717, 1.165) is 53.5 Å². The van der Waals surface area contributed by atoms with Crippen LogP contribution in [0.25, 0.3) is 17.0 Å². The first-order chi connectivity index (χ1) is 17.0. The maximum Gasteiger partial charge on any atom is 0.331 e. The Morgan fingerprint density at radius 2 is 1.71 bits per heavy atom. The summed E-state index contributed by atoms with van der Waals surface area (Å²) in [7, 11) is 4.55. The zero-order valence-electron chi connectivity index (χ0n) is 20.1. The Morgan fingerprint density at radius 1 is 1.00 bits per heavy atom. The summed E-state index contributed by atoms with van der Waals surface area (Å²) in [4.78, 5) is 29.7. The molecule has 0 saturated carbocycles. The normalized spacial score (nSPS) is 12.8. The third-order valence-electron chi connectivity index (χ3n) is 5.88. The number of fused-ring (bicyclic) bond motifs is 2. The lowest BCUT2D eigenvalue weighted by Crippen LogP contribution is -2.22. The molecule has 1 aromatic heterocycles. The number of esters is 1. The largest absolute Gasteiger partial charge is 0.493 e. The smallest absolute Gasteiger partial charge is 0.331 e. The first kappa shape index (κ1) is 24.1. The Morgan fingerprint density at radius 3 is 2.43 bits per heavy atom. The molecule has 0 aliphatic heterocycles. The van der Waals surface area contributed by atoms with E-state index < -0.39 is 18.5 Å². The van der Waals surface area contributed by atoms with E-state index in [-0.39, 0.29) is 0 Å². The van der Waals surface area contributed by atoms with Gasteiger partial charge in [0.2, 0.25) is 5.75 Å². The highest BCUT2D eigenvalue weighted by molar-refractivity contribution is 6.03. The fraction of sp³-hybridized carbons (Fsp3) is 0.296. The van der Waals surface area contributed by atoms with E-state index in [1.54, 1.807) is 18.2 Å². The van der Waals surface area contributed by atoms with Crippen molar-refractivity contribution in [3.05, 3.63) is 59.3 Å². The number of amides is 1. The number of rotatable bonds is 8. The lowest BCUT2D eigenvalue weighted by atomic mass is 9.92. The molecule has 0 fully saturated rings. The van der Waals surface area contributed by atoms with Crippen molar-refractivity contribution in [1.82, 2.24) is 4.98 Å². The molecule has 0 atom stereocenters. The number of aromatic nitrogens is 1. The van der Waals surface area contributed by atoms with Crippen LogP contribution in [0.15, 0.2) is 42.5 Å². The Kier molecular flexibility index (Phi) is 7.50. The highest BCUT2D eigenvalue weighted by Crippen LogP contribution is 2.38. The second kappa shape index (κ2) is 10.9. The second-order valence-electron chi connectivity index (χ2n) is 8.08. The summed E-state index contributed by atoms with van der Waals surface area (Å²) < 4.78 is 21.1. The fourth-order valence-electron chi connectivity index (χ4n) is 4.24. The molecule has 1 amide bonds. The summed E-state index contributed by atoms with van der Waals surface area (Å²) in [6.45, 7) is -0.399. The topological polar surface area (TPSA) is 96.0 Å². The van der Waals surface area contributed by atoms with Crippen LogP contribution < -0.4 is 19.5 Å². The summed E-state index contributed by atoms with van der Waals surface area (Å²) in [6.07, 6.45) is 6.69. The van der Waals surface area contributed by atoms with Crippen molar-refractivity contribution in [2.45, 2.75) is 25.7 Å². The van der Waals surface area contributed by atoms with Crippen LogP contribution in [0.1, 0.15) is 29.7 Å². The number of nitrogens with zero attached hydrogens (tertiary/aromatic N) is 1. The lowest BCUT2D eigenvalue weighted by molar-refractivity contribution is -0.142. The molecule has 0 spiro atoms. The molecular formula is C27H28N2O6. The number of hydrogen-bond acceptors (Lipinski definition) is 7. The molecule has 35 heavy (non-hydrogen) atoms. The molecule has 1 aliphatic rings. The molecular weight excluding hydrogens is 448 g/mol. The average Bonchev–Trinajstić information content (AvgIpc) is 2.89. The van der Waals surface area contributed by atoms with Crippen LogP contribution in [0.4, 0.5) is 5.69 Å². The van der Waals surface area contributed by atoms with Crippen LogP contribution in [0, 0.1) is 0 Å². The van der Waals surface area contributed by atoms with Crippen molar-refractivity contribution < 1.29 is 28.5 Å². The zero-order valence-corrected chi connectivity index (χ0v) is 20.1. The first-order valence-electron chi connectivity index (χ1n) is 11.4. The number of pyridine rings is 1. The van der Waals surface area contributed by atoms with Crippen LogP contribution in [0.3, 0.4) is 0 Å². The van der Waals surface area contributed by atoms with Crippen molar-refractivity contribution in [3.8, 4) is 17.2 Å². The summed E-state index contributed by atoms with van der Waals surface area (Å²) in [5.74, 6) is 0.343. The van der Waals surface area contributed by atoms with Gasteiger partial charge in [0, 0.05) is 17.2 Å². The molecule has 0 radical (unpaired) electrons. The maximum atomic E-state index is 12.7. The van der Waals surface area contributed by atoms with E-state index in [9.17, 15) is 9.59 Å². The monoisotopic (exact) mass is 476 g/mol. The van der Waals surface area contributed by atoms with E-state index >= 15 is 0 Å². The number of ether oxygens (including phenoxy) is 4. The molecule has 0 unspecified atom stereocenters. The van der Waals surface area contributed by atoms with Crippen LogP contribution in [0.5, 0.6) is 17.2 Å². The van der Waals surface area contributed by atoms with Gasteiger partial charge in [0.25, 0.3) is 5.91 Å². The second-order valence-corrected chi connectivity index (χ2v) is 8.08. The minimum atomic E-state index is -0.643. The van der Waals surface area contributed by atoms with Crippen molar-refractivity contribution in [2.24, 2.45) is 0 Å². The van der Waals surface area contributed by atoms with E-state index in [1.165, 1.54) is 27.4 Å². The molecule has 0 saturated heterocycles. The number of benzene rings is 2. The quantitative estimate of drug-likeness (QED) is 0.382. The van der Waals surface area contributed by atoms with Gasteiger partial charge in [-0.1, -0.05) is 18.2 Å². The van der Waals surface area contributed by atoms with Crippen LogP contribution in [0.2, 0.25) is 0 Å².